The molecule has 2 aromatic rings. The monoisotopic (exact) mass is 232 g/mol. The van der Waals surface area contributed by atoms with Crippen molar-refractivity contribution in [3.63, 3.8) is 0 Å². The number of rotatable bonds is 6. The molecule has 0 unspecified atom stereocenters. The molecule has 2 rings (SSSR count). The molecule has 3 heteroatoms. The molecule has 0 atom stereocenters. The summed E-state index contributed by atoms with van der Waals surface area (Å²) in [6.45, 7) is 5.22. The molecule has 0 saturated carbocycles. The largest absolute Gasteiger partial charge is 0.382 e. The molecule has 3 nitrogen and oxygen atoms in total. The van der Waals surface area contributed by atoms with E-state index in [2.05, 4.69) is 35.0 Å². The molecular formula is C14H20N2O. The highest BCUT2D eigenvalue weighted by Gasteiger charge is 2.05. The number of para-hydroxylation sites is 1. The summed E-state index contributed by atoms with van der Waals surface area (Å²) in [5.41, 5.74) is 8.26. The van der Waals surface area contributed by atoms with E-state index >= 15 is 0 Å². The molecule has 1 heterocycles. The third-order valence-electron chi connectivity index (χ3n) is 2.98. The van der Waals surface area contributed by atoms with E-state index in [1.165, 1.54) is 16.5 Å². The summed E-state index contributed by atoms with van der Waals surface area (Å²) in [4.78, 5) is 0. The van der Waals surface area contributed by atoms with Crippen molar-refractivity contribution in [2.75, 3.05) is 13.2 Å². The lowest BCUT2D eigenvalue weighted by molar-refractivity contribution is 0.142. The number of ether oxygens (including phenoxy) is 1. The molecule has 0 aliphatic carbocycles. The van der Waals surface area contributed by atoms with Crippen molar-refractivity contribution in [3.8, 4) is 0 Å². The Hall–Kier alpha value is -1.32. The molecule has 0 fully saturated rings. The Morgan fingerprint density at radius 3 is 2.88 bits per heavy atom. The average Bonchev–Trinajstić information content (AvgIpc) is 2.73. The van der Waals surface area contributed by atoms with E-state index in [4.69, 9.17) is 10.5 Å². The Morgan fingerprint density at radius 1 is 1.29 bits per heavy atom. The maximum absolute atomic E-state index is 5.77. The molecule has 1 aromatic heterocycles. The van der Waals surface area contributed by atoms with Crippen LogP contribution < -0.4 is 5.73 Å². The van der Waals surface area contributed by atoms with Crippen LogP contribution >= 0.6 is 0 Å². The van der Waals surface area contributed by atoms with Crippen LogP contribution in [0.1, 0.15) is 18.9 Å². The average molecular weight is 232 g/mol. The van der Waals surface area contributed by atoms with E-state index in [1.807, 2.05) is 6.92 Å². The number of hydrogen-bond acceptors (Lipinski definition) is 2. The standard InChI is InChI=1S/C14H20N2O/c1-2-17-9-5-8-16-11-12(10-15)13-6-3-4-7-14(13)16/h3-4,6-7,11H,2,5,8-10,15H2,1H3. The van der Waals surface area contributed by atoms with E-state index in [-0.39, 0.29) is 0 Å². The number of benzene rings is 1. The molecule has 1 aromatic carbocycles. The van der Waals surface area contributed by atoms with Gasteiger partial charge in [-0.15, -0.1) is 0 Å². The summed E-state index contributed by atoms with van der Waals surface area (Å²) in [5.74, 6) is 0. The van der Waals surface area contributed by atoms with Gasteiger partial charge < -0.3 is 15.0 Å². The van der Waals surface area contributed by atoms with Crippen molar-refractivity contribution in [3.05, 3.63) is 36.0 Å². The fraction of sp³-hybridized carbons (Fsp3) is 0.429. The SMILES string of the molecule is CCOCCCn1cc(CN)c2ccccc21. The second kappa shape index (κ2) is 5.84. The van der Waals surface area contributed by atoms with E-state index in [0.29, 0.717) is 6.54 Å². The van der Waals surface area contributed by atoms with Gasteiger partial charge in [-0.1, -0.05) is 18.2 Å². The van der Waals surface area contributed by atoms with E-state index in [1.54, 1.807) is 0 Å². The summed E-state index contributed by atoms with van der Waals surface area (Å²) in [7, 11) is 0. The third kappa shape index (κ3) is 2.68. The first kappa shape index (κ1) is 12.1. The van der Waals surface area contributed by atoms with Gasteiger partial charge in [0.05, 0.1) is 0 Å². The van der Waals surface area contributed by atoms with Crippen molar-refractivity contribution in [2.45, 2.75) is 26.4 Å². The maximum Gasteiger partial charge on any atom is 0.0483 e. The van der Waals surface area contributed by atoms with Crippen LogP contribution in [0.15, 0.2) is 30.5 Å². The first-order chi connectivity index (χ1) is 8.36. The normalized spacial score (nSPS) is 11.2. The predicted octanol–water partition coefficient (Wildman–Crippen LogP) is 2.53. The van der Waals surface area contributed by atoms with Gasteiger partial charge in [-0.25, -0.2) is 0 Å². The molecule has 0 aliphatic rings. The molecule has 0 bridgehead atoms. The number of aromatic nitrogens is 1. The quantitative estimate of drug-likeness (QED) is 0.777. The highest BCUT2D eigenvalue weighted by Crippen LogP contribution is 2.21. The van der Waals surface area contributed by atoms with E-state index in [9.17, 15) is 0 Å². The van der Waals surface area contributed by atoms with E-state index < -0.39 is 0 Å². The van der Waals surface area contributed by atoms with Crippen molar-refractivity contribution in [1.29, 1.82) is 0 Å². The number of aryl methyl sites for hydroxylation is 1. The molecule has 17 heavy (non-hydrogen) atoms. The molecular weight excluding hydrogens is 212 g/mol. The lowest BCUT2D eigenvalue weighted by Gasteiger charge is -2.05. The van der Waals surface area contributed by atoms with Gasteiger partial charge in [0.2, 0.25) is 0 Å². The smallest absolute Gasteiger partial charge is 0.0483 e. The number of hydrogen-bond donors (Lipinski definition) is 1. The van der Waals surface area contributed by atoms with Crippen LogP contribution in [0.3, 0.4) is 0 Å². The highest BCUT2D eigenvalue weighted by molar-refractivity contribution is 5.83. The third-order valence-corrected chi connectivity index (χ3v) is 2.98. The molecule has 0 radical (unpaired) electrons. The van der Waals surface area contributed by atoms with Crippen molar-refractivity contribution >= 4 is 10.9 Å². The zero-order valence-electron chi connectivity index (χ0n) is 10.4. The van der Waals surface area contributed by atoms with Gasteiger partial charge in [0, 0.05) is 43.4 Å². The number of fused-ring (bicyclic) bond motifs is 1. The van der Waals surface area contributed by atoms with Gasteiger partial charge >= 0.3 is 0 Å². The molecule has 0 aliphatic heterocycles. The summed E-state index contributed by atoms with van der Waals surface area (Å²) < 4.78 is 7.64. The summed E-state index contributed by atoms with van der Waals surface area (Å²) >= 11 is 0. The summed E-state index contributed by atoms with van der Waals surface area (Å²) in [5, 5.41) is 1.27. The second-order valence-corrected chi connectivity index (χ2v) is 4.12. The minimum atomic E-state index is 0.596. The number of nitrogens with zero attached hydrogens (tertiary/aromatic N) is 1. The van der Waals surface area contributed by atoms with Crippen molar-refractivity contribution in [2.24, 2.45) is 5.73 Å². The summed E-state index contributed by atoms with van der Waals surface area (Å²) in [6, 6.07) is 8.42. The van der Waals surface area contributed by atoms with Crippen LogP contribution in [-0.4, -0.2) is 17.8 Å². The van der Waals surface area contributed by atoms with Gasteiger partial charge in [-0.05, 0) is 25.0 Å². The van der Waals surface area contributed by atoms with Gasteiger partial charge in [-0.3, -0.25) is 0 Å². The molecule has 92 valence electrons. The van der Waals surface area contributed by atoms with Crippen molar-refractivity contribution in [1.82, 2.24) is 4.57 Å². The highest BCUT2D eigenvalue weighted by atomic mass is 16.5. The predicted molar refractivity (Wildman–Crippen MR) is 70.9 cm³/mol. The minimum absolute atomic E-state index is 0.596. The van der Waals surface area contributed by atoms with Crippen LogP contribution in [0.5, 0.6) is 0 Å². The summed E-state index contributed by atoms with van der Waals surface area (Å²) in [6.07, 6.45) is 3.20. The van der Waals surface area contributed by atoms with E-state index in [0.717, 1.165) is 26.2 Å². The van der Waals surface area contributed by atoms with Crippen LogP contribution in [0.25, 0.3) is 10.9 Å². The van der Waals surface area contributed by atoms with Crippen LogP contribution in [-0.2, 0) is 17.8 Å². The fourth-order valence-corrected chi connectivity index (χ4v) is 2.15. The molecule has 0 saturated heterocycles. The molecule has 0 spiro atoms. The Morgan fingerprint density at radius 2 is 2.12 bits per heavy atom. The molecule has 0 amide bonds. The Kier molecular flexibility index (Phi) is 4.18. The zero-order valence-corrected chi connectivity index (χ0v) is 10.4. The lowest BCUT2D eigenvalue weighted by atomic mass is 10.2. The maximum atomic E-state index is 5.77. The second-order valence-electron chi connectivity index (χ2n) is 4.12. The first-order valence-corrected chi connectivity index (χ1v) is 6.21. The van der Waals surface area contributed by atoms with Gasteiger partial charge in [-0.2, -0.15) is 0 Å². The first-order valence-electron chi connectivity index (χ1n) is 6.21. The van der Waals surface area contributed by atoms with Gasteiger partial charge in [0.25, 0.3) is 0 Å². The minimum Gasteiger partial charge on any atom is -0.382 e. The van der Waals surface area contributed by atoms with Crippen LogP contribution in [0.2, 0.25) is 0 Å². The zero-order chi connectivity index (χ0) is 12.1. The Bertz CT molecular complexity index is 476. The van der Waals surface area contributed by atoms with Gasteiger partial charge in [0.1, 0.15) is 0 Å². The fourth-order valence-electron chi connectivity index (χ4n) is 2.15. The topological polar surface area (TPSA) is 40.2 Å². The Balaban J connectivity index is 2.16. The van der Waals surface area contributed by atoms with Gasteiger partial charge in [0.15, 0.2) is 0 Å². The number of nitrogens with two attached hydrogens (primary N) is 1. The Labute approximate surface area is 102 Å². The van der Waals surface area contributed by atoms with Crippen LogP contribution in [0.4, 0.5) is 0 Å². The van der Waals surface area contributed by atoms with Crippen LogP contribution in [0, 0.1) is 0 Å². The lowest BCUT2D eigenvalue weighted by Crippen LogP contribution is -2.01. The molecule has 2 N–H and O–H groups in total. The van der Waals surface area contributed by atoms with Crippen molar-refractivity contribution < 1.29 is 4.74 Å².